The Hall–Kier alpha value is -1.60. The third-order valence-electron chi connectivity index (χ3n) is 6.01. The topological polar surface area (TPSA) is 3.24 Å². The smallest absolute Gasteiger partial charge is 0.0234 e. The molecule has 2 aliphatic rings. The Morgan fingerprint density at radius 1 is 0.870 bits per heavy atom. The van der Waals surface area contributed by atoms with Crippen molar-refractivity contribution in [1.82, 2.24) is 4.90 Å². The van der Waals surface area contributed by atoms with Crippen molar-refractivity contribution in [1.29, 1.82) is 0 Å². The summed E-state index contributed by atoms with van der Waals surface area (Å²) in [5.41, 5.74) is 3.51. The highest BCUT2D eigenvalue weighted by Crippen LogP contribution is 2.49. The summed E-state index contributed by atoms with van der Waals surface area (Å²) < 4.78 is 0. The van der Waals surface area contributed by atoms with Gasteiger partial charge < -0.3 is 0 Å². The Morgan fingerprint density at radius 2 is 1.57 bits per heavy atom. The number of nitrogens with zero attached hydrogens (tertiary/aromatic N) is 1. The highest BCUT2D eigenvalue weighted by atomic mass is 15.2. The monoisotopic (exact) mass is 305 g/mol. The Bertz CT molecular complexity index is 621. The lowest BCUT2D eigenvalue weighted by molar-refractivity contribution is 0.144. The van der Waals surface area contributed by atoms with Crippen molar-refractivity contribution in [2.45, 2.75) is 38.6 Å². The molecule has 1 saturated heterocycles. The maximum absolute atomic E-state index is 2.72. The number of rotatable bonds is 4. The minimum Gasteiger partial charge on any atom is -0.298 e. The van der Waals surface area contributed by atoms with Crippen molar-refractivity contribution in [3.63, 3.8) is 0 Å². The molecule has 0 bridgehead atoms. The second kappa shape index (κ2) is 6.49. The SMILES string of the molecule is c1ccc(CN2C[C@H]3CCCC[C@@]3(Cc3ccccc3)C2)cc1. The van der Waals surface area contributed by atoms with Crippen LogP contribution in [0.4, 0.5) is 0 Å². The van der Waals surface area contributed by atoms with Gasteiger partial charge in [0.05, 0.1) is 0 Å². The summed E-state index contributed by atoms with van der Waals surface area (Å²) in [6, 6.07) is 22.1. The van der Waals surface area contributed by atoms with E-state index < -0.39 is 0 Å². The third-order valence-corrected chi connectivity index (χ3v) is 6.01. The van der Waals surface area contributed by atoms with E-state index in [1.54, 1.807) is 0 Å². The van der Waals surface area contributed by atoms with Crippen LogP contribution in [0.3, 0.4) is 0 Å². The molecule has 2 fully saturated rings. The summed E-state index contributed by atoms with van der Waals surface area (Å²) in [6.45, 7) is 3.69. The van der Waals surface area contributed by atoms with Crippen LogP contribution in [0.15, 0.2) is 60.7 Å². The Labute approximate surface area is 140 Å². The van der Waals surface area contributed by atoms with Crippen LogP contribution in [0.5, 0.6) is 0 Å². The third kappa shape index (κ3) is 3.21. The van der Waals surface area contributed by atoms with Gasteiger partial charge in [-0.3, -0.25) is 4.90 Å². The molecule has 1 aliphatic carbocycles. The average molecular weight is 305 g/mol. The molecule has 2 aromatic rings. The van der Waals surface area contributed by atoms with Gasteiger partial charge in [0.1, 0.15) is 0 Å². The number of benzene rings is 2. The molecule has 23 heavy (non-hydrogen) atoms. The van der Waals surface area contributed by atoms with Crippen LogP contribution in [-0.2, 0) is 13.0 Å². The van der Waals surface area contributed by atoms with Crippen LogP contribution >= 0.6 is 0 Å². The average Bonchev–Trinajstić information content (AvgIpc) is 2.94. The quantitative estimate of drug-likeness (QED) is 0.775. The molecule has 0 spiro atoms. The first-order valence-electron chi connectivity index (χ1n) is 9.14. The Balaban J connectivity index is 1.52. The molecule has 0 amide bonds. The molecule has 4 rings (SSSR count). The fourth-order valence-corrected chi connectivity index (χ4v) is 4.95. The zero-order chi connectivity index (χ0) is 15.5. The first-order chi connectivity index (χ1) is 11.3. The van der Waals surface area contributed by atoms with Crippen LogP contribution in [0.25, 0.3) is 0 Å². The molecule has 2 atom stereocenters. The number of fused-ring (bicyclic) bond motifs is 1. The Kier molecular flexibility index (Phi) is 4.22. The molecule has 1 heterocycles. The van der Waals surface area contributed by atoms with E-state index in [9.17, 15) is 0 Å². The lowest BCUT2D eigenvalue weighted by Gasteiger charge is -2.39. The minimum absolute atomic E-state index is 0.522. The molecule has 0 N–H and O–H groups in total. The number of hydrogen-bond acceptors (Lipinski definition) is 1. The number of hydrogen-bond donors (Lipinski definition) is 0. The predicted molar refractivity (Wildman–Crippen MR) is 96.3 cm³/mol. The van der Waals surface area contributed by atoms with Gasteiger partial charge in [0, 0.05) is 19.6 Å². The summed E-state index contributed by atoms with van der Waals surface area (Å²) in [5, 5.41) is 0. The van der Waals surface area contributed by atoms with E-state index in [4.69, 9.17) is 0 Å². The molecule has 120 valence electrons. The Morgan fingerprint density at radius 3 is 2.30 bits per heavy atom. The van der Waals surface area contributed by atoms with Gasteiger partial charge in [0.2, 0.25) is 0 Å². The molecule has 2 aromatic carbocycles. The van der Waals surface area contributed by atoms with Crippen molar-refractivity contribution in [3.8, 4) is 0 Å². The summed E-state index contributed by atoms with van der Waals surface area (Å²) in [5.74, 6) is 0.889. The van der Waals surface area contributed by atoms with Gasteiger partial charge in [-0.15, -0.1) is 0 Å². The summed E-state index contributed by atoms with van der Waals surface area (Å²) in [4.78, 5) is 2.72. The normalized spacial score (nSPS) is 27.7. The van der Waals surface area contributed by atoms with E-state index >= 15 is 0 Å². The summed E-state index contributed by atoms with van der Waals surface area (Å²) >= 11 is 0. The summed E-state index contributed by atoms with van der Waals surface area (Å²) in [7, 11) is 0. The fourth-order valence-electron chi connectivity index (χ4n) is 4.95. The standard InChI is InChI=1S/C22H27N/c1-3-9-19(10-4-1)15-22-14-8-7-13-21(22)17-23(18-22)16-20-11-5-2-6-12-20/h1-6,9-12,21H,7-8,13-18H2/t21-,22-/m1/s1. The van der Waals surface area contributed by atoms with E-state index in [0.29, 0.717) is 5.41 Å². The van der Waals surface area contributed by atoms with Crippen LogP contribution < -0.4 is 0 Å². The molecule has 1 aliphatic heterocycles. The molecule has 1 saturated carbocycles. The predicted octanol–water partition coefficient (Wildman–Crippen LogP) is 4.92. The van der Waals surface area contributed by atoms with E-state index in [1.165, 1.54) is 56.3 Å². The maximum Gasteiger partial charge on any atom is 0.0234 e. The zero-order valence-corrected chi connectivity index (χ0v) is 14.0. The van der Waals surface area contributed by atoms with E-state index in [0.717, 1.165) is 12.5 Å². The molecule has 0 unspecified atom stereocenters. The summed E-state index contributed by atoms with van der Waals surface area (Å²) in [6.07, 6.45) is 6.96. The lowest BCUT2D eigenvalue weighted by Crippen LogP contribution is -2.35. The number of likely N-dealkylation sites (tertiary alicyclic amines) is 1. The van der Waals surface area contributed by atoms with Crippen LogP contribution in [0.2, 0.25) is 0 Å². The van der Waals surface area contributed by atoms with E-state index in [1.807, 2.05) is 0 Å². The van der Waals surface area contributed by atoms with Crippen molar-refractivity contribution in [2.75, 3.05) is 13.1 Å². The van der Waals surface area contributed by atoms with Crippen molar-refractivity contribution < 1.29 is 0 Å². The maximum atomic E-state index is 2.72. The molecule has 1 heteroatoms. The van der Waals surface area contributed by atoms with Crippen LogP contribution in [0, 0.1) is 11.3 Å². The lowest BCUT2D eigenvalue weighted by atomic mass is 9.65. The molecular formula is C22H27N. The van der Waals surface area contributed by atoms with Crippen molar-refractivity contribution >= 4 is 0 Å². The highest BCUT2D eigenvalue weighted by Gasteiger charge is 2.47. The van der Waals surface area contributed by atoms with Gasteiger partial charge in [0.15, 0.2) is 0 Å². The minimum atomic E-state index is 0.522. The van der Waals surface area contributed by atoms with Crippen LogP contribution in [-0.4, -0.2) is 18.0 Å². The zero-order valence-electron chi connectivity index (χ0n) is 14.0. The van der Waals surface area contributed by atoms with Gasteiger partial charge in [-0.05, 0) is 41.7 Å². The van der Waals surface area contributed by atoms with Gasteiger partial charge in [-0.25, -0.2) is 0 Å². The van der Waals surface area contributed by atoms with Gasteiger partial charge in [-0.2, -0.15) is 0 Å². The van der Waals surface area contributed by atoms with Crippen LogP contribution in [0.1, 0.15) is 36.8 Å². The first-order valence-corrected chi connectivity index (χ1v) is 9.14. The van der Waals surface area contributed by atoms with E-state index in [2.05, 4.69) is 65.6 Å². The second-order valence-electron chi connectivity index (χ2n) is 7.62. The van der Waals surface area contributed by atoms with Crippen molar-refractivity contribution in [2.24, 2.45) is 11.3 Å². The van der Waals surface area contributed by atoms with Gasteiger partial charge >= 0.3 is 0 Å². The fraction of sp³-hybridized carbons (Fsp3) is 0.455. The second-order valence-corrected chi connectivity index (χ2v) is 7.62. The van der Waals surface area contributed by atoms with Gasteiger partial charge in [-0.1, -0.05) is 73.5 Å². The van der Waals surface area contributed by atoms with E-state index in [-0.39, 0.29) is 0 Å². The van der Waals surface area contributed by atoms with Gasteiger partial charge in [0.25, 0.3) is 0 Å². The first kappa shape index (κ1) is 15.0. The molecule has 1 nitrogen and oxygen atoms in total. The molecule has 0 aromatic heterocycles. The molecule has 0 radical (unpaired) electrons. The molecular weight excluding hydrogens is 278 g/mol. The largest absolute Gasteiger partial charge is 0.298 e. The van der Waals surface area contributed by atoms with Crippen molar-refractivity contribution in [3.05, 3.63) is 71.8 Å². The highest BCUT2D eigenvalue weighted by molar-refractivity contribution is 5.19.